The molecule has 1 atom stereocenters. The van der Waals surface area contributed by atoms with Gasteiger partial charge in [0.25, 0.3) is 5.69 Å². The lowest BCUT2D eigenvalue weighted by molar-refractivity contribution is -0.383. The smallest absolute Gasteiger partial charge is 0.293 e. The summed E-state index contributed by atoms with van der Waals surface area (Å²) in [6.45, 7) is 1.66. The molecule has 0 aliphatic carbocycles. The van der Waals surface area contributed by atoms with Crippen molar-refractivity contribution in [2.45, 2.75) is 13.0 Å². The average molecular weight is 241 g/mol. The summed E-state index contributed by atoms with van der Waals surface area (Å²) >= 11 is 0. The molecule has 0 amide bonds. The Bertz CT molecular complexity index is 646. The van der Waals surface area contributed by atoms with Gasteiger partial charge in [0, 0.05) is 11.5 Å². The second-order valence-electron chi connectivity index (χ2n) is 3.93. The van der Waals surface area contributed by atoms with Crippen LogP contribution in [0.1, 0.15) is 6.92 Å². The second kappa shape index (κ2) is 4.72. The van der Waals surface area contributed by atoms with Crippen LogP contribution in [0.15, 0.2) is 36.4 Å². The first kappa shape index (κ1) is 11.9. The highest BCUT2D eigenvalue weighted by molar-refractivity contribution is 5.98. The van der Waals surface area contributed by atoms with E-state index in [0.29, 0.717) is 5.69 Å². The van der Waals surface area contributed by atoms with E-state index < -0.39 is 11.0 Å². The fraction of sp³-hybridized carbons (Fsp3) is 0.154. The topological polar surface area (TPSA) is 79.0 Å². The minimum Gasteiger partial charge on any atom is -0.364 e. The minimum absolute atomic E-state index is 0.0178. The van der Waals surface area contributed by atoms with Crippen LogP contribution < -0.4 is 5.32 Å². The first-order valence-corrected chi connectivity index (χ1v) is 5.46. The monoisotopic (exact) mass is 241 g/mol. The summed E-state index contributed by atoms with van der Waals surface area (Å²) in [6, 6.07) is 12.0. The van der Waals surface area contributed by atoms with Crippen LogP contribution in [-0.4, -0.2) is 11.0 Å². The molecular formula is C13H11N3O2. The van der Waals surface area contributed by atoms with E-state index in [1.807, 2.05) is 24.3 Å². The molecule has 2 aromatic rings. The molecule has 0 aromatic heterocycles. The maximum absolute atomic E-state index is 11.0. The van der Waals surface area contributed by atoms with E-state index >= 15 is 0 Å². The molecule has 5 nitrogen and oxygen atoms in total. The van der Waals surface area contributed by atoms with Gasteiger partial charge < -0.3 is 5.32 Å². The van der Waals surface area contributed by atoms with Crippen molar-refractivity contribution in [3.05, 3.63) is 46.5 Å². The Labute approximate surface area is 104 Å². The third kappa shape index (κ3) is 2.09. The molecule has 0 spiro atoms. The Morgan fingerprint density at radius 2 is 2.06 bits per heavy atom. The van der Waals surface area contributed by atoms with Crippen LogP contribution >= 0.6 is 0 Å². The number of nitro groups is 1. The molecule has 18 heavy (non-hydrogen) atoms. The Morgan fingerprint density at radius 3 is 2.72 bits per heavy atom. The molecule has 0 aliphatic heterocycles. The van der Waals surface area contributed by atoms with Crippen LogP contribution in [0.4, 0.5) is 11.4 Å². The van der Waals surface area contributed by atoms with Crippen LogP contribution in [0.3, 0.4) is 0 Å². The quantitative estimate of drug-likeness (QED) is 0.661. The SMILES string of the molecule is CC(C#N)Nc1c([N+](=O)[O-])ccc2ccccc12. The van der Waals surface area contributed by atoms with Gasteiger partial charge in [-0.15, -0.1) is 0 Å². The second-order valence-corrected chi connectivity index (χ2v) is 3.93. The third-order valence-electron chi connectivity index (χ3n) is 2.66. The maximum atomic E-state index is 11.0. The molecule has 0 bridgehead atoms. The van der Waals surface area contributed by atoms with Crippen LogP contribution in [0.25, 0.3) is 10.8 Å². The van der Waals surface area contributed by atoms with Gasteiger partial charge in [0.2, 0.25) is 0 Å². The Morgan fingerprint density at radius 1 is 1.33 bits per heavy atom. The number of hydrogen-bond donors (Lipinski definition) is 1. The van der Waals surface area contributed by atoms with E-state index in [2.05, 4.69) is 5.32 Å². The van der Waals surface area contributed by atoms with Crippen molar-refractivity contribution in [1.82, 2.24) is 0 Å². The van der Waals surface area contributed by atoms with Gasteiger partial charge in [-0.25, -0.2) is 0 Å². The number of nitrogens with one attached hydrogen (secondary N) is 1. The summed E-state index contributed by atoms with van der Waals surface area (Å²) in [5, 5.41) is 24.4. The lowest BCUT2D eigenvalue weighted by Gasteiger charge is -2.11. The number of benzene rings is 2. The molecule has 0 aliphatic rings. The summed E-state index contributed by atoms with van der Waals surface area (Å²) in [5.74, 6) is 0. The van der Waals surface area contributed by atoms with Gasteiger partial charge >= 0.3 is 0 Å². The molecular weight excluding hydrogens is 230 g/mol. The van der Waals surface area contributed by atoms with Crippen molar-refractivity contribution in [2.24, 2.45) is 0 Å². The van der Waals surface area contributed by atoms with E-state index in [9.17, 15) is 10.1 Å². The predicted octanol–water partition coefficient (Wildman–Crippen LogP) is 3.07. The van der Waals surface area contributed by atoms with Crippen LogP contribution in [-0.2, 0) is 0 Å². The molecule has 0 saturated carbocycles. The van der Waals surface area contributed by atoms with Gasteiger partial charge in [0.15, 0.2) is 0 Å². The molecule has 90 valence electrons. The van der Waals surface area contributed by atoms with Crippen molar-refractivity contribution in [3.63, 3.8) is 0 Å². The molecule has 0 saturated heterocycles. The Kier molecular flexibility index (Phi) is 3.11. The lowest BCUT2D eigenvalue weighted by Crippen LogP contribution is -2.13. The number of nitro benzene ring substituents is 1. The molecule has 5 heteroatoms. The highest BCUT2D eigenvalue weighted by Crippen LogP contribution is 2.33. The van der Waals surface area contributed by atoms with Gasteiger partial charge in [0.05, 0.1) is 11.0 Å². The van der Waals surface area contributed by atoms with Crippen molar-refractivity contribution in [2.75, 3.05) is 5.32 Å². The summed E-state index contributed by atoms with van der Waals surface area (Å²) in [6.07, 6.45) is 0. The lowest BCUT2D eigenvalue weighted by atomic mass is 10.1. The zero-order chi connectivity index (χ0) is 13.1. The van der Waals surface area contributed by atoms with Gasteiger partial charge in [-0.1, -0.05) is 24.3 Å². The molecule has 1 N–H and O–H groups in total. The Balaban J connectivity index is 2.67. The molecule has 2 rings (SSSR count). The largest absolute Gasteiger partial charge is 0.364 e. The van der Waals surface area contributed by atoms with Crippen LogP contribution in [0.5, 0.6) is 0 Å². The molecule has 0 radical (unpaired) electrons. The van der Waals surface area contributed by atoms with E-state index in [1.54, 1.807) is 19.1 Å². The summed E-state index contributed by atoms with van der Waals surface area (Å²) < 4.78 is 0. The highest BCUT2D eigenvalue weighted by atomic mass is 16.6. The number of hydrogen-bond acceptors (Lipinski definition) is 4. The number of rotatable bonds is 3. The van der Waals surface area contributed by atoms with Crippen LogP contribution in [0.2, 0.25) is 0 Å². The first-order valence-electron chi connectivity index (χ1n) is 5.46. The summed E-state index contributed by atoms with van der Waals surface area (Å²) in [5.41, 5.74) is 0.378. The summed E-state index contributed by atoms with van der Waals surface area (Å²) in [7, 11) is 0. The average Bonchev–Trinajstić information content (AvgIpc) is 2.38. The molecule has 0 fully saturated rings. The van der Waals surface area contributed by atoms with E-state index in [-0.39, 0.29) is 5.69 Å². The fourth-order valence-corrected chi connectivity index (χ4v) is 1.81. The van der Waals surface area contributed by atoms with E-state index in [4.69, 9.17) is 5.26 Å². The first-order chi connectivity index (χ1) is 8.63. The number of nitrogens with zero attached hydrogens (tertiary/aromatic N) is 2. The number of anilines is 1. The maximum Gasteiger partial charge on any atom is 0.293 e. The Hall–Kier alpha value is -2.61. The highest BCUT2D eigenvalue weighted by Gasteiger charge is 2.17. The van der Waals surface area contributed by atoms with Gasteiger partial charge in [0.1, 0.15) is 11.7 Å². The van der Waals surface area contributed by atoms with Gasteiger partial charge in [-0.2, -0.15) is 5.26 Å². The van der Waals surface area contributed by atoms with E-state index in [0.717, 1.165) is 10.8 Å². The summed E-state index contributed by atoms with van der Waals surface area (Å²) in [4.78, 5) is 10.6. The van der Waals surface area contributed by atoms with Crippen LogP contribution in [0, 0.1) is 21.4 Å². The minimum atomic E-state index is -0.491. The fourth-order valence-electron chi connectivity index (χ4n) is 1.81. The molecule has 1 unspecified atom stereocenters. The third-order valence-corrected chi connectivity index (χ3v) is 2.66. The van der Waals surface area contributed by atoms with Crippen molar-refractivity contribution in [1.29, 1.82) is 5.26 Å². The molecule has 2 aromatic carbocycles. The molecule has 0 heterocycles. The predicted molar refractivity (Wildman–Crippen MR) is 69.3 cm³/mol. The standard InChI is InChI=1S/C13H11N3O2/c1-9(8-14)15-13-11-5-3-2-4-10(11)6-7-12(13)16(17)18/h2-7,9,15H,1H3. The zero-order valence-electron chi connectivity index (χ0n) is 9.75. The normalized spacial score (nSPS) is 11.8. The van der Waals surface area contributed by atoms with Gasteiger partial charge in [-0.05, 0) is 18.4 Å². The number of nitriles is 1. The van der Waals surface area contributed by atoms with Crippen molar-refractivity contribution < 1.29 is 4.92 Å². The zero-order valence-corrected chi connectivity index (χ0v) is 9.75. The van der Waals surface area contributed by atoms with Crippen molar-refractivity contribution >= 4 is 22.1 Å². The van der Waals surface area contributed by atoms with E-state index in [1.165, 1.54) is 6.07 Å². The van der Waals surface area contributed by atoms with Gasteiger partial charge in [-0.3, -0.25) is 10.1 Å². The van der Waals surface area contributed by atoms with Crippen molar-refractivity contribution in [3.8, 4) is 6.07 Å². The number of fused-ring (bicyclic) bond motifs is 1.